The van der Waals surface area contributed by atoms with Gasteiger partial charge in [-0.3, -0.25) is 4.79 Å². The molecule has 8 heteroatoms. The summed E-state index contributed by atoms with van der Waals surface area (Å²) in [5.41, 5.74) is 0. The zero-order valence-corrected chi connectivity index (χ0v) is 16.0. The molecule has 0 spiro atoms. The van der Waals surface area contributed by atoms with E-state index in [4.69, 9.17) is 4.74 Å². The standard InChI is InChI=1S/C18H22N2O4S2/c21-17(10-13-24-16-5-2-1-3-6-16)19-15-8-11-20(12-9-15)26(22,23)18-7-4-14-25-18/h1-7,14-15H,8-13H2,(H,19,21). The van der Waals surface area contributed by atoms with E-state index in [1.807, 2.05) is 30.3 Å². The maximum absolute atomic E-state index is 12.5. The van der Waals surface area contributed by atoms with Crippen LogP contribution in [0.3, 0.4) is 0 Å². The highest BCUT2D eigenvalue weighted by molar-refractivity contribution is 7.91. The summed E-state index contributed by atoms with van der Waals surface area (Å²) in [6.45, 7) is 1.17. The van der Waals surface area contributed by atoms with Crippen molar-refractivity contribution >= 4 is 27.3 Å². The fourth-order valence-electron chi connectivity index (χ4n) is 2.86. The minimum absolute atomic E-state index is 0.00834. The van der Waals surface area contributed by atoms with Gasteiger partial charge < -0.3 is 10.1 Å². The summed E-state index contributed by atoms with van der Waals surface area (Å²) in [6.07, 6.45) is 1.52. The molecule has 1 amide bonds. The van der Waals surface area contributed by atoms with E-state index in [0.717, 1.165) is 5.75 Å². The number of amides is 1. The lowest BCUT2D eigenvalue weighted by atomic mass is 10.1. The Morgan fingerprint density at radius 1 is 1.15 bits per heavy atom. The van der Waals surface area contributed by atoms with Gasteiger partial charge >= 0.3 is 0 Å². The Labute approximate surface area is 157 Å². The first-order valence-electron chi connectivity index (χ1n) is 8.56. The van der Waals surface area contributed by atoms with E-state index in [1.165, 1.54) is 15.6 Å². The number of sulfonamides is 1. The highest BCUT2D eigenvalue weighted by Crippen LogP contribution is 2.24. The molecular weight excluding hydrogens is 372 g/mol. The predicted molar refractivity (Wildman–Crippen MR) is 101 cm³/mol. The van der Waals surface area contributed by atoms with Gasteiger partial charge in [-0.15, -0.1) is 11.3 Å². The van der Waals surface area contributed by atoms with Crippen molar-refractivity contribution in [3.63, 3.8) is 0 Å². The van der Waals surface area contributed by atoms with Gasteiger partial charge in [0.15, 0.2) is 0 Å². The summed E-state index contributed by atoms with van der Waals surface area (Å²) < 4.78 is 32.4. The Balaban J connectivity index is 1.40. The third-order valence-electron chi connectivity index (χ3n) is 4.25. The number of benzene rings is 1. The highest BCUT2D eigenvalue weighted by atomic mass is 32.2. The van der Waals surface area contributed by atoms with Crippen LogP contribution in [0.15, 0.2) is 52.1 Å². The fourth-order valence-corrected chi connectivity index (χ4v) is 5.47. The molecule has 2 heterocycles. The molecule has 140 valence electrons. The summed E-state index contributed by atoms with van der Waals surface area (Å²) >= 11 is 1.23. The lowest BCUT2D eigenvalue weighted by Gasteiger charge is -2.31. The highest BCUT2D eigenvalue weighted by Gasteiger charge is 2.30. The molecule has 0 saturated carbocycles. The maximum atomic E-state index is 12.5. The molecule has 0 atom stereocenters. The van der Waals surface area contributed by atoms with Gasteiger partial charge in [-0.2, -0.15) is 4.31 Å². The number of carbonyl (C=O) groups excluding carboxylic acids is 1. The van der Waals surface area contributed by atoms with Gasteiger partial charge in [0.2, 0.25) is 5.91 Å². The second-order valence-corrected chi connectivity index (χ2v) is 9.20. The summed E-state index contributed by atoms with van der Waals surface area (Å²) in [4.78, 5) is 12.0. The van der Waals surface area contributed by atoms with Crippen LogP contribution in [-0.2, 0) is 14.8 Å². The monoisotopic (exact) mass is 394 g/mol. The number of nitrogens with one attached hydrogen (secondary N) is 1. The molecule has 0 aliphatic carbocycles. The molecule has 1 aliphatic heterocycles. The second-order valence-electron chi connectivity index (χ2n) is 6.09. The van der Waals surface area contributed by atoms with Gasteiger partial charge in [-0.05, 0) is 36.4 Å². The van der Waals surface area contributed by atoms with Crippen molar-refractivity contribution in [2.24, 2.45) is 0 Å². The Morgan fingerprint density at radius 3 is 2.54 bits per heavy atom. The van der Waals surface area contributed by atoms with E-state index in [2.05, 4.69) is 5.32 Å². The van der Waals surface area contributed by atoms with Crippen molar-refractivity contribution in [1.82, 2.24) is 9.62 Å². The number of nitrogens with zero attached hydrogens (tertiary/aromatic N) is 1. The lowest BCUT2D eigenvalue weighted by Crippen LogP contribution is -2.46. The van der Waals surface area contributed by atoms with E-state index < -0.39 is 10.0 Å². The summed E-state index contributed by atoms with van der Waals surface area (Å²) in [5, 5.41) is 4.74. The largest absolute Gasteiger partial charge is 0.493 e. The van der Waals surface area contributed by atoms with Crippen molar-refractivity contribution < 1.29 is 17.9 Å². The number of piperidine rings is 1. The number of carbonyl (C=O) groups is 1. The molecule has 2 aromatic rings. The van der Waals surface area contributed by atoms with Gasteiger partial charge in [0.25, 0.3) is 10.0 Å². The predicted octanol–water partition coefficient (Wildman–Crippen LogP) is 2.49. The Hall–Kier alpha value is -1.90. The SMILES string of the molecule is O=C(CCOc1ccccc1)NC1CCN(S(=O)(=O)c2cccs2)CC1. The minimum Gasteiger partial charge on any atom is -0.493 e. The van der Waals surface area contributed by atoms with Crippen LogP contribution >= 0.6 is 11.3 Å². The first-order chi connectivity index (χ1) is 12.6. The number of hydrogen-bond donors (Lipinski definition) is 1. The van der Waals surface area contributed by atoms with Crippen molar-refractivity contribution in [2.75, 3.05) is 19.7 Å². The minimum atomic E-state index is -3.40. The molecule has 1 N–H and O–H groups in total. The zero-order chi connectivity index (χ0) is 18.4. The lowest BCUT2D eigenvalue weighted by molar-refractivity contribution is -0.122. The van der Waals surface area contributed by atoms with Crippen LogP contribution in [0.4, 0.5) is 0 Å². The molecule has 1 aliphatic rings. The number of rotatable bonds is 7. The topological polar surface area (TPSA) is 75.7 Å². The van der Waals surface area contributed by atoms with Crippen molar-refractivity contribution in [3.05, 3.63) is 47.8 Å². The molecule has 1 saturated heterocycles. The van der Waals surface area contributed by atoms with E-state index in [9.17, 15) is 13.2 Å². The van der Waals surface area contributed by atoms with E-state index in [0.29, 0.717) is 36.7 Å². The van der Waals surface area contributed by atoms with Gasteiger partial charge in [0, 0.05) is 19.1 Å². The fraction of sp³-hybridized carbons (Fsp3) is 0.389. The first-order valence-corrected chi connectivity index (χ1v) is 10.9. The number of para-hydroxylation sites is 1. The molecule has 0 unspecified atom stereocenters. The van der Waals surface area contributed by atoms with Crippen LogP contribution in [-0.4, -0.2) is 44.4 Å². The molecule has 26 heavy (non-hydrogen) atoms. The van der Waals surface area contributed by atoms with Crippen LogP contribution in [0.2, 0.25) is 0 Å². The Morgan fingerprint density at radius 2 is 1.88 bits per heavy atom. The van der Waals surface area contributed by atoms with E-state index >= 15 is 0 Å². The third kappa shape index (κ3) is 4.84. The molecule has 0 bridgehead atoms. The van der Waals surface area contributed by atoms with Gasteiger partial charge in [-0.1, -0.05) is 24.3 Å². The average molecular weight is 395 g/mol. The van der Waals surface area contributed by atoms with Crippen molar-refractivity contribution in [1.29, 1.82) is 0 Å². The van der Waals surface area contributed by atoms with Gasteiger partial charge in [-0.25, -0.2) is 8.42 Å². The molecule has 0 radical (unpaired) electrons. The third-order valence-corrected chi connectivity index (χ3v) is 7.52. The molecule has 1 aromatic carbocycles. The van der Waals surface area contributed by atoms with Gasteiger partial charge in [0.1, 0.15) is 9.96 Å². The second kappa shape index (κ2) is 8.66. The van der Waals surface area contributed by atoms with Gasteiger partial charge in [0.05, 0.1) is 13.0 Å². The van der Waals surface area contributed by atoms with Crippen LogP contribution in [0.5, 0.6) is 5.75 Å². The Bertz CT molecular complexity index is 799. The Kier molecular flexibility index (Phi) is 6.29. The van der Waals surface area contributed by atoms with Crippen molar-refractivity contribution in [2.45, 2.75) is 29.5 Å². The van der Waals surface area contributed by atoms with E-state index in [1.54, 1.807) is 17.5 Å². The van der Waals surface area contributed by atoms with Crippen LogP contribution in [0, 0.1) is 0 Å². The number of hydrogen-bond acceptors (Lipinski definition) is 5. The quantitative estimate of drug-likeness (QED) is 0.783. The molecule has 6 nitrogen and oxygen atoms in total. The maximum Gasteiger partial charge on any atom is 0.252 e. The van der Waals surface area contributed by atoms with Crippen molar-refractivity contribution in [3.8, 4) is 5.75 Å². The molecular formula is C18H22N2O4S2. The smallest absolute Gasteiger partial charge is 0.252 e. The number of ether oxygens (including phenoxy) is 1. The molecule has 1 fully saturated rings. The summed E-state index contributed by atoms with van der Waals surface area (Å²) in [5.74, 6) is 0.674. The van der Waals surface area contributed by atoms with E-state index in [-0.39, 0.29) is 18.4 Å². The van der Waals surface area contributed by atoms with Crippen LogP contribution in [0.1, 0.15) is 19.3 Å². The first kappa shape index (κ1) is 18.9. The number of thiophene rings is 1. The molecule has 3 rings (SSSR count). The van der Waals surface area contributed by atoms with Crippen LogP contribution in [0.25, 0.3) is 0 Å². The summed E-state index contributed by atoms with van der Waals surface area (Å²) in [7, 11) is -3.40. The summed E-state index contributed by atoms with van der Waals surface area (Å²) in [6, 6.07) is 12.7. The average Bonchev–Trinajstić information content (AvgIpc) is 3.19. The molecule has 1 aromatic heterocycles. The zero-order valence-electron chi connectivity index (χ0n) is 14.3. The van der Waals surface area contributed by atoms with Crippen LogP contribution < -0.4 is 10.1 Å². The normalized spacial score (nSPS) is 16.3.